The number of carbonyl (C=O) groups is 3. The zero-order valence-corrected chi connectivity index (χ0v) is 25.4. The maximum absolute atomic E-state index is 15.0. The van der Waals surface area contributed by atoms with Crippen molar-refractivity contribution in [3.63, 3.8) is 0 Å². The predicted octanol–water partition coefficient (Wildman–Crippen LogP) is 3.91. The van der Waals surface area contributed by atoms with E-state index in [0.717, 1.165) is 5.57 Å². The molecule has 2 N–H and O–H groups in total. The van der Waals surface area contributed by atoms with Gasteiger partial charge >= 0.3 is 11.9 Å². The van der Waals surface area contributed by atoms with Crippen LogP contribution in [0, 0.1) is 22.7 Å². The maximum Gasteiger partial charge on any atom is 0.338 e. The number of carbonyl (C=O) groups excluding carboxylic acids is 3. The van der Waals surface area contributed by atoms with Gasteiger partial charge in [-0.2, -0.15) is 0 Å². The molecule has 0 spiro atoms. The number of benzene rings is 1. The minimum Gasteiger partial charge on any atom is -0.483 e. The van der Waals surface area contributed by atoms with Gasteiger partial charge in [-0.05, 0) is 50.8 Å². The third-order valence-electron chi connectivity index (χ3n) is 10.6. The number of hydrogen-bond donors (Lipinski definition) is 2. The zero-order valence-electron chi connectivity index (χ0n) is 25.4. The number of Topliss-reactive ketones (excluding diaryl/α,β-unsaturated/α-hetero) is 1. The van der Waals surface area contributed by atoms with Gasteiger partial charge < -0.3 is 29.2 Å². The van der Waals surface area contributed by atoms with Gasteiger partial charge in [0.1, 0.15) is 17.8 Å². The molecule has 3 fully saturated rings. The molecule has 42 heavy (non-hydrogen) atoms. The first-order chi connectivity index (χ1) is 19.5. The van der Waals surface area contributed by atoms with Crippen molar-refractivity contribution < 1.29 is 43.5 Å². The number of aliphatic hydroxyl groups excluding tert-OH is 1. The Morgan fingerprint density at radius 2 is 1.74 bits per heavy atom. The summed E-state index contributed by atoms with van der Waals surface area (Å²) in [5.74, 6) is -2.88. The quantitative estimate of drug-likeness (QED) is 0.302. The van der Waals surface area contributed by atoms with Crippen LogP contribution < -0.4 is 0 Å². The first-order valence-corrected chi connectivity index (χ1v) is 14.6. The van der Waals surface area contributed by atoms with Crippen molar-refractivity contribution in [1.82, 2.24) is 0 Å². The van der Waals surface area contributed by atoms with Crippen LogP contribution in [0.1, 0.15) is 71.7 Å². The van der Waals surface area contributed by atoms with Gasteiger partial charge in [-0.15, -0.1) is 0 Å². The summed E-state index contributed by atoms with van der Waals surface area (Å²) >= 11 is 0. The standard InChI is InChI=1S/C33H42O9/c1-17(2)40-25-24-19(4)18(3)15-33(38,30(24,6)7)28(41-29(37)21-12-10-9-11-13-21)26-31(8,27(25)36)22(35)14-23-32(26,16-39-23)42-20(5)34/h9-13,18,22-23,25-26,28,35,38H,1,14-16H2,2-8H3/t18-,22-,23+,25+,26-,28-,31+,32-,33+/m0/s1. The average Bonchev–Trinajstić information content (AvgIpc) is 2.90. The van der Waals surface area contributed by atoms with Gasteiger partial charge in [0.25, 0.3) is 0 Å². The van der Waals surface area contributed by atoms with Crippen molar-refractivity contribution in [2.24, 2.45) is 22.7 Å². The second-order valence-corrected chi connectivity index (χ2v) is 13.4. The molecule has 1 aliphatic heterocycles. The Bertz CT molecular complexity index is 1350. The Morgan fingerprint density at radius 3 is 2.29 bits per heavy atom. The van der Waals surface area contributed by atoms with Crippen LogP contribution in [-0.2, 0) is 28.5 Å². The van der Waals surface area contributed by atoms with Crippen LogP contribution in [0.25, 0.3) is 0 Å². The summed E-state index contributed by atoms with van der Waals surface area (Å²) in [6, 6.07) is 8.38. The fraction of sp³-hybridized carbons (Fsp3) is 0.606. The van der Waals surface area contributed by atoms with Crippen molar-refractivity contribution in [2.45, 2.75) is 96.9 Å². The van der Waals surface area contributed by atoms with Gasteiger partial charge in [-0.1, -0.05) is 51.1 Å². The molecule has 0 unspecified atom stereocenters. The lowest BCUT2D eigenvalue weighted by Gasteiger charge is -2.67. The molecular weight excluding hydrogens is 540 g/mol. The van der Waals surface area contributed by atoms with Crippen molar-refractivity contribution >= 4 is 17.7 Å². The van der Waals surface area contributed by atoms with Crippen molar-refractivity contribution in [1.29, 1.82) is 0 Å². The van der Waals surface area contributed by atoms with E-state index < -0.39 is 70.1 Å². The third-order valence-corrected chi connectivity index (χ3v) is 10.6. The van der Waals surface area contributed by atoms with Gasteiger partial charge in [-0.25, -0.2) is 4.79 Å². The molecule has 1 heterocycles. The SMILES string of the molecule is C=C(C)O[C@H]1C(=O)[C@@]2(C)[C@H]([C@H](OC(=O)c3ccccc3)[C@]3(O)C[C@H](C)C(C)=C1C3(C)C)[C@]1(OC(C)=O)CO[C@@H]1C[C@@H]2O. The molecule has 0 aromatic heterocycles. The van der Waals surface area contributed by atoms with E-state index in [0.29, 0.717) is 11.3 Å². The van der Waals surface area contributed by atoms with Gasteiger partial charge in [0.05, 0.1) is 35.4 Å². The first-order valence-electron chi connectivity index (χ1n) is 14.6. The molecule has 1 saturated heterocycles. The van der Waals surface area contributed by atoms with E-state index in [4.69, 9.17) is 18.9 Å². The molecule has 0 amide bonds. The molecule has 2 saturated carbocycles. The zero-order chi connectivity index (χ0) is 31.0. The fourth-order valence-corrected chi connectivity index (χ4v) is 8.20. The highest BCUT2D eigenvalue weighted by Crippen LogP contribution is 2.64. The molecule has 9 nitrogen and oxygen atoms in total. The summed E-state index contributed by atoms with van der Waals surface area (Å²) in [7, 11) is 0. The summed E-state index contributed by atoms with van der Waals surface area (Å²) in [5, 5.41) is 24.8. The highest BCUT2D eigenvalue weighted by Gasteiger charge is 2.78. The molecule has 2 bridgehead atoms. The maximum atomic E-state index is 15.0. The molecule has 9 atom stereocenters. The molecule has 9 heteroatoms. The molecule has 1 aromatic rings. The van der Waals surface area contributed by atoms with Gasteiger partial charge in [0, 0.05) is 18.8 Å². The van der Waals surface area contributed by atoms with E-state index in [1.807, 2.05) is 27.7 Å². The first kappa shape index (κ1) is 30.4. The molecule has 3 aliphatic carbocycles. The highest BCUT2D eigenvalue weighted by molar-refractivity contribution is 5.94. The molecule has 0 radical (unpaired) electrons. The van der Waals surface area contributed by atoms with Crippen LogP contribution in [0.3, 0.4) is 0 Å². The fourth-order valence-electron chi connectivity index (χ4n) is 8.20. The molecular formula is C33H42O9. The number of allylic oxidation sites excluding steroid dienone is 2. The predicted molar refractivity (Wildman–Crippen MR) is 152 cm³/mol. The highest BCUT2D eigenvalue weighted by atomic mass is 16.6. The van der Waals surface area contributed by atoms with Crippen LogP contribution in [0.2, 0.25) is 0 Å². The van der Waals surface area contributed by atoms with Crippen LogP contribution in [0.15, 0.2) is 53.8 Å². The largest absolute Gasteiger partial charge is 0.483 e. The number of hydrogen-bond acceptors (Lipinski definition) is 9. The van der Waals surface area contributed by atoms with Crippen LogP contribution in [0.4, 0.5) is 0 Å². The summed E-state index contributed by atoms with van der Waals surface area (Å²) in [5.41, 5.74) is -4.38. The lowest BCUT2D eigenvalue weighted by Crippen LogP contribution is -2.81. The van der Waals surface area contributed by atoms with Crippen molar-refractivity contribution in [3.8, 4) is 0 Å². The number of rotatable bonds is 5. The van der Waals surface area contributed by atoms with Gasteiger partial charge in [0.2, 0.25) is 0 Å². The van der Waals surface area contributed by atoms with E-state index in [1.54, 1.807) is 44.2 Å². The van der Waals surface area contributed by atoms with Crippen molar-refractivity contribution in [2.75, 3.05) is 6.61 Å². The molecule has 4 aliphatic rings. The Morgan fingerprint density at radius 1 is 1.10 bits per heavy atom. The van der Waals surface area contributed by atoms with E-state index >= 15 is 0 Å². The van der Waals surface area contributed by atoms with E-state index in [1.165, 1.54) is 6.92 Å². The summed E-state index contributed by atoms with van der Waals surface area (Å²) in [4.78, 5) is 41.4. The summed E-state index contributed by atoms with van der Waals surface area (Å²) < 4.78 is 24.4. The molecule has 1 aromatic carbocycles. The average molecular weight is 583 g/mol. The summed E-state index contributed by atoms with van der Waals surface area (Å²) in [6.07, 6.45) is -4.45. The Hall–Kier alpha value is -3.01. The Balaban J connectivity index is 1.84. The Kier molecular flexibility index (Phi) is 7.27. The summed E-state index contributed by atoms with van der Waals surface area (Å²) in [6.45, 7) is 15.8. The number of ether oxygens (including phenoxy) is 4. The number of ketones is 1. The monoisotopic (exact) mass is 582 g/mol. The van der Waals surface area contributed by atoms with Crippen LogP contribution in [0.5, 0.6) is 0 Å². The number of esters is 2. The van der Waals surface area contributed by atoms with E-state index in [2.05, 4.69) is 6.58 Å². The lowest BCUT2D eigenvalue weighted by molar-refractivity contribution is -0.345. The van der Waals surface area contributed by atoms with E-state index in [9.17, 15) is 24.6 Å². The van der Waals surface area contributed by atoms with E-state index in [-0.39, 0.29) is 30.9 Å². The second kappa shape index (κ2) is 10.0. The van der Waals surface area contributed by atoms with Gasteiger partial charge in [0.15, 0.2) is 17.5 Å². The topological polar surface area (TPSA) is 129 Å². The molecule has 5 rings (SSSR count). The molecule has 228 valence electrons. The van der Waals surface area contributed by atoms with Crippen molar-refractivity contribution in [3.05, 3.63) is 59.4 Å². The Labute approximate surface area is 246 Å². The minimum absolute atomic E-state index is 0.00141. The lowest BCUT2D eigenvalue weighted by atomic mass is 9.44. The van der Waals surface area contributed by atoms with Gasteiger partial charge in [-0.3, -0.25) is 9.59 Å². The van der Waals surface area contributed by atoms with Crippen LogP contribution >= 0.6 is 0 Å². The minimum atomic E-state index is -1.78. The number of fused-ring (bicyclic) bond motifs is 5. The van der Waals surface area contributed by atoms with Crippen LogP contribution in [-0.4, -0.2) is 70.2 Å². The normalized spacial score (nSPS) is 40.4. The smallest absolute Gasteiger partial charge is 0.338 e. The third kappa shape index (κ3) is 4.11. The number of aliphatic hydroxyl groups is 2. The second-order valence-electron chi connectivity index (χ2n) is 13.4.